The molecule has 0 fully saturated rings. The molecule has 0 saturated carbocycles. The van der Waals surface area contributed by atoms with Gasteiger partial charge >= 0.3 is 5.97 Å². The van der Waals surface area contributed by atoms with Crippen LogP contribution in [0.5, 0.6) is 5.75 Å². The third kappa shape index (κ3) is 2.82. The first-order chi connectivity index (χ1) is 11.5. The van der Waals surface area contributed by atoms with Crippen molar-refractivity contribution in [3.8, 4) is 5.75 Å². The van der Waals surface area contributed by atoms with Crippen LogP contribution < -0.4 is 4.74 Å². The number of aliphatic carboxylic acids is 1. The predicted octanol–water partition coefficient (Wildman–Crippen LogP) is 1.52. The lowest BCUT2D eigenvalue weighted by atomic mass is 10.0. The van der Waals surface area contributed by atoms with E-state index in [1.807, 2.05) is 13.8 Å². The number of carboxylic acid groups (broad SMARTS) is 1. The Hall–Kier alpha value is -2.90. The highest BCUT2D eigenvalue weighted by atomic mass is 16.5. The molecule has 1 atom stereocenters. The molecule has 24 heavy (non-hydrogen) atoms. The second-order valence-corrected chi connectivity index (χ2v) is 5.80. The number of amides is 1. The maximum Gasteiger partial charge on any atom is 0.331 e. The molecule has 1 aliphatic heterocycles. The molecule has 2 heterocycles. The molecule has 1 aromatic heterocycles. The summed E-state index contributed by atoms with van der Waals surface area (Å²) in [6.07, 6.45) is 1.53. The first-order valence-corrected chi connectivity index (χ1v) is 7.66. The molecular weight excluding hydrogens is 312 g/mol. The number of rotatable bonds is 3. The molecule has 8 heteroatoms. The van der Waals surface area contributed by atoms with Crippen molar-refractivity contribution in [1.82, 2.24) is 19.9 Å². The van der Waals surface area contributed by atoms with Crippen molar-refractivity contribution in [2.24, 2.45) is 0 Å². The Bertz CT molecular complexity index is 771. The van der Waals surface area contributed by atoms with Gasteiger partial charge in [0.25, 0.3) is 5.91 Å². The van der Waals surface area contributed by atoms with Crippen molar-refractivity contribution in [3.05, 3.63) is 41.7 Å². The second kappa shape index (κ2) is 6.31. The van der Waals surface area contributed by atoms with Gasteiger partial charge in [-0.25, -0.2) is 9.48 Å². The molecule has 1 unspecified atom stereocenters. The maximum absolute atomic E-state index is 12.8. The number of aromatic nitrogens is 3. The number of benzene rings is 1. The molecular formula is C16H18N4O4. The Morgan fingerprint density at radius 3 is 2.75 bits per heavy atom. The SMILES string of the molecule is CC(C)n1cc(C(=O)N2CCOc3ccccc3C2C(=O)O)nn1. The van der Waals surface area contributed by atoms with E-state index >= 15 is 0 Å². The summed E-state index contributed by atoms with van der Waals surface area (Å²) in [4.78, 5) is 25.9. The van der Waals surface area contributed by atoms with Crippen molar-refractivity contribution in [3.63, 3.8) is 0 Å². The van der Waals surface area contributed by atoms with Gasteiger partial charge in [-0.05, 0) is 19.9 Å². The fraction of sp³-hybridized carbons (Fsp3) is 0.375. The average Bonchev–Trinajstić information content (AvgIpc) is 2.96. The summed E-state index contributed by atoms with van der Waals surface area (Å²) in [7, 11) is 0. The quantitative estimate of drug-likeness (QED) is 0.916. The standard InChI is InChI=1S/C16H18N4O4/c1-10(2)20-9-12(17-18-20)15(21)19-7-8-24-13-6-4-3-5-11(13)14(19)16(22)23/h3-6,9-10,14H,7-8H2,1-2H3,(H,22,23). The molecule has 0 bridgehead atoms. The van der Waals surface area contributed by atoms with Gasteiger partial charge in [-0.2, -0.15) is 0 Å². The summed E-state index contributed by atoms with van der Waals surface area (Å²) in [5.74, 6) is -1.11. The van der Waals surface area contributed by atoms with Crippen LogP contribution in [0.1, 0.15) is 42.0 Å². The second-order valence-electron chi connectivity index (χ2n) is 5.80. The fourth-order valence-electron chi connectivity index (χ4n) is 2.65. The molecule has 3 rings (SSSR count). The van der Waals surface area contributed by atoms with E-state index in [2.05, 4.69) is 10.3 Å². The van der Waals surface area contributed by atoms with Gasteiger partial charge in [0.1, 0.15) is 12.4 Å². The van der Waals surface area contributed by atoms with Crippen molar-refractivity contribution < 1.29 is 19.4 Å². The van der Waals surface area contributed by atoms with Gasteiger partial charge in [-0.15, -0.1) is 5.10 Å². The van der Waals surface area contributed by atoms with Gasteiger partial charge in [0.15, 0.2) is 11.7 Å². The molecule has 8 nitrogen and oxygen atoms in total. The van der Waals surface area contributed by atoms with E-state index in [9.17, 15) is 14.7 Å². The smallest absolute Gasteiger partial charge is 0.331 e. The lowest BCUT2D eigenvalue weighted by Crippen LogP contribution is -2.40. The number of nitrogens with zero attached hydrogens (tertiary/aromatic N) is 4. The normalized spacial score (nSPS) is 17.1. The van der Waals surface area contributed by atoms with E-state index in [-0.39, 0.29) is 24.9 Å². The molecule has 126 valence electrons. The van der Waals surface area contributed by atoms with Crippen molar-refractivity contribution in [1.29, 1.82) is 0 Å². The predicted molar refractivity (Wildman–Crippen MR) is 83.8 cm³/mol. The van der Waals surface area contributed by atoms with Gasteiger partial charge in [0, 0.05) is 11.6 Å². The number of fused-ring (bicyclic) bond motifs is 1. The topological polar surface area (TPSA) is 97.5 Å². The zero-order chi connectivity index (χ0) is 17.3. The van der Waals surface area contributed by atoms with E-state index in [0.29, 0.717) is 11.3 Å². The van der Waals surface area contributed by atoms with E-state index in [1.54, 1.807) is 28.9 Å². The van der Waals surface area contributed by atoms with E-state index in [4.69, 9.17) is 4.74 Å². The van der Waals surface area contributed by atoms with Gasteiger partial charge in [0.2, 0.25) is 0 Å². The van der Waals surface area contributed by atoms with Crippen LogP contribution >= 0.6 is 0 Å². The number of hydrogen-bond acceptors (Lipinski definition) is 5. The first-order valence-electron chi connectivity index (χ1n) is 7.66. The number of carbonyl (C=O) groups excluding carboxylic acids is 1. The molecule has 1 amide bonds. The lowest BCUT2D eigenvalue weighted by Gasteiger charge is -2.25. The van der Waals surface area contributed by atoms with Crippen LogP contribution in [0.25, 0.3) is 0 Å². The Morgan fingerprint density at radius 1 is 1.33 bits per heavy atom. The number of carboxylic acids is 1. The Labute approximate surface area is 138 Å². The van der Waals surface area contributed by atoms with E-state index in [0.717, 1.165) is 0 Å². The molecule has 1 aliphatic rings. The average molecular weight is 330 g/mol. The van der Waals surface area contributed by atoms with Crippen LogP contribution in [0.2, 0.25) is 0 Å². The Balaban J connectivity index is 1.98. The third-order valence-corrected chi connectivity index (χ3v) is 3.87. The minimum absolute atomic E-state index is 0.0579. The zero-order valence-electron chi connectivity index (χ0n) is 13.4. The van der Waals surface area contributed by atoms with Crippen molar-refractivity contribution >= 4 is 11.9 Å². The number of hydrogen-bond donors (Lipinski definition) is 1. The minimum Gasteiger partial charge on any atom is -0.491 e. The monoisotopic (exact) mass is 330 g/mol. The summed E-state index contributed by atoms with van der Waals surface area (Å²) in [6.45, 7) is 4.20. The maximum atomic E-state index is 12.8. The zero-order valence-corrected chi connectivity index (χ0v) is 13.4. The molecule has 1 N–H and O–H groups in total. The largest absolute Gasteiger partial charge is 0.491 e. The molecule has 0 aliphatic carbocycles. The fourth-order valence-corrected chi connectivity index (χ4v) is 2.65. The number of carbonyl (C=O) groups is 2. The van der Waals surface area contributed by atoms with Crippen molar-refractivity contribution in [2.45, 2.75) is 25.9 Å². The minimum atomic E-state index is -1.12. The van der Waals surface area contributed by atoms with Crippen molar-refractivity contribution in [2.75, 3.05) is 13.2 Å². The van der Waals surface area contributed by atoms with Gasteiger partial charge in [-0.3, -0.25) is 4.79 Å². The van der Waals surface area contributed by atoms with Crippen LogP contribution in [0.4, 0.5) is 0 Å². The van der Waals surface area contributed by atoms with E-state index < -0.39 is 17.9 Å². The number of ether oxygens (including phenoxy) is 1. The molecule has 1 aromatic carbocycles. The summed E-state index contributed by atoms with van der Waals surface area (Å²) in [5, 5.41) is 17.5. The molecule has 0 saturated heterocycles. The molecule has 0 spiro atoms. The van der Waals surface area contributed by atoms with Gasteiger partial charge in [0.05, 0.1) is 12.7 Å². The third-order valence-electron chi connectivity index (χ3n) is 3.87. The molecule has 2 aromatic rings. The summed E-state index contributed by atoms with van der Waals surface area (Å²) in [5.41, 5.74) is 0.571. The van der Waals surface area contributed by atoms with Gasteiger partial charge < -0.3 is 14.7 Å². The van der Waals surface area contributed by atoms with Crippen LogP contribution in [0.3, 0.4) is 0 Å². The highest BCUT2D eigenvalue weighted by Gasteiger charge is 2.36. The molecule has 0 radical (unpaired) electrons. The lowest BCUT2D eigenvalue weighted by molar-refractivity contribution is -0.142. The Morgan fingerprint density at radius 2 is 2.08 bits per heavy atom. The summed E-state index contributed by atoms with van der Waals surface area (Å²) in [6, 6.07) is 5.78. The number of para-hydroxylation sites is 1. The highest BCUT2D eigenvalue weighted by Crippen LogP contribution is 2.32. The van der Waals surface area contributed by atoms with E-state index in [1.165, 1.54) is 11.1 Å². The van der Waals surface area contributed by atoms with Crippen LogP contribution in [0.15, 0.2) is 30.5 Å². The Kier molecular flexibility index (Phi) is 4.20. The summed E-state index contributed by atoms with van der Waals surface area (Å²) < 4.78 is 7.15. The first kappa shape index (κ1) is 16.0. The highest BCUT2D eigenvalue weighted by molar-refractivity contribution is 5.95. The van der Waals surface area contributed by atoms with Crippen LogP contribution in [-0.4, -0.2) is 50.0 Å². The summed E-state index contributed by atoms with van der Waals surface area (Å²) >= 11 is 0. The van der Waals surface area contributed by atoms with Gasteiger partial charge in [-0.1, -0.05) is 23.4 Å². The van der Waals surface area contributed by atoms with Crippen LogP contribution in [-0.2, 0) is 4.79 Å². The van der Waals surface area contributed by atoms with Crippen LogP contribution in [0, 0.1) is 0 Å².